The first-order chi connectivity index (χ1) is 9.56. The van der Waals surface area contributed by atoms with Gasteiger partial charge in [0.1, 0.15) is 11.6 Å². The summed E-state index contributed by atoms with van der Waals surface area (Å²) < 4.78 is 13.0. The van der Waals surface area contributed by atoms with Crippen LogP contribution in [0.2, 0.25) is 0 Å². The van der Waals surface area contributed by atoms with E-state index in [0.717, 1.165) is 10.4 Å². The summed E-state index contributed by atoms with van der Waals surface area (Å²) in [5.41, 5.74) is 0.783. The molecular formula is C15H14FNO2S. The van der Waals surface area contributed by atoms with Crippen molar-refractivity contribution in [2.75, 3.05) is 0 Å². The minimum absolute atomic E-state index is 0.150. The fourth-order valence-corrected chi connectivity index (χ4v) is 2.67. The molecule has 1 aromatic carbocycles. The maximum Gasteiger partial charge on any atom is 0.228 e. The van der Waals surface area contributed by atoms with Gasteiger partial charge in [0, 0.05) is 4.88 Å². The van der Waals surface area contributed by atoms with Crippen molar-refractivity contribution < 1.29 is 14.0 Å². The standard InChI is InChI=1S/C15H14FNO2S/c1-10(18)9-14(19)17-15(13-3-2-8-20-13)11-4-6-12(16)7-5-11/h2-8,15H,9H2,1H3,(H,17,19). The fraction of sp³-hybridized carbons (Fsp3) is 0.200. The van der Waals surface area contributed by atoms with E-state index in [1.54, 1.807) is 12.1 Å². The Kier molecular flexibility index (Phi) is 4.63. The molecule has 1 heterocycles. The third kappa shape index (κ3) is 3.74. The first kappa shape index (κ1) is 14.4. The van der Waals surface area contributed by atoms with Crippen LogP contribution in [0, 0.1) is 5.82 Å². The summed E-state index contributed by atoms with van der Waals surface area (Å²) in [6.45, 7) is 1.37. The Bertz CT molecular complexity index is 593. The number of amides is 1. The van der Waals surface area contributed by atoms with Gasteiger partial charge in [-0.1, -0.05) is 18.2 Å². The SMILES string of the molecule is CC(=O)CC(=O)NC(c1ccc(F)cc1)c1cccs1. The summed E-state index contributed by atoms with van der Waals surface area (Å²) in [5, 5.41) is 4.72. The molecule has 0 saturated carbocycles. The Balaban J connectivity index is 2.24. The summed E-state index contributed by atoms with van der Waals surface area (Å²) in [4.78, 5) is 23.7. The van der Waals surface area contributed by atoms with Crippen molar-refractivity contribution in [2.45, 2.75) is 19.4 Å². The maximum absolute atomic E-state index is 13.0. The quantitative estimate of drug-likeness (QED) is 0.861. The van der Waals surface area contributed by atoms with E-state index >= 15 is 0 Å². The molecule has 20 heavy (non-hydrogen) atoms. The predicted octanol–water partition coefficient (Wildman–Crippen LogP) is 3.07. The van der Waals surface area contributed by atoms with Crippen LogP contribution in [-0.4, -0.2) is 11.7 Å². The summed E-state index contributed by atoms with van der Waals surface area (Å²) in [6, 6.07) is 9.39. The van der Waals surface area contributed by atoms with Gasteiger partial charge in [-0.15, -0.1) is 11.3 Å². The summed E-state index contributed by atoms with van der Waals surface area (Å²) in [6.07, 6.45) is -0.150. The number of hydrogen-bond acceptors (Lipinski definition) is 3. The molecule has 0 radical (unpaired) electrons. The van der Waals surface area contributed by atoms with Gasteiger partial charge in [-0.3, -0.25) is 9.59 Å². The van der Waals surface area contributed by atoms with Gasteiger partial charge in [-0.05, 0) is 36.1 Å². The molecule has 3 nitrogen and oxygen atoms in total. The van der Waals surface area contributed by atoms with Gasteiger partial charge < -0.3 is 5.32 Å². The van der Waals surface area contributed by atoms with E-state index < -0.39 is 0 Å². The van der Waals surface area contributed by atoms with Crippen molar-refractivity contribution in [3.63, 3.8) is 0 Å². The van der Waals surface area contributed by atoms with E-state index in [1.807, 2.05) is 17.5 Å². The molecule has 0 saturated heterocycles. The van der Waals surface area contributed by atoms with Gasteiger partial charge >= 0.3 is 0 Å². The third-order valence-corrected chi connectivity index (χ3v) is 3.68. The van der Waals surface area contributed by atoms with Crippen LogP contribution in [0.25, 0.3) is 0 Å². The Morgan fingerprint density at radius 1 is 1.25 bits per heavy atom. The molecule has 1 amide bonds. The highest BCUT2D eigenvalue weighted by atomic mass is 32.1. The predicted molar refractivity (Wildman–Crippen MR) is 76.0 cm³/mol. The molecule has 2 rings (SSSR count). The number of carbonyl (C=O) groups is 2. The highest BCUT2D eigenvalue weighted by Crippen LogP contribution is 2.26. The number of nitrogens with one attached hydrogen (secondary N) is 1. The van der Waals surface area contributed by atoms with E-state index in [0.29, 0.717) is 0 Å². The molecule has 1 aromatic heterocycles. The normalized spacial score (nSPS) is 11.9. The number of thiophene rings is 1. The molecule has 1 atom stereocenters. The van der Waals surface area contributed by atoms with Crippen LogP contribution in [0.3, 0.4) is 0 Å². The highest BCUT2D eigenvalue weighted by Gasteiger charge is 2.18. The van der Waals surface area contributed by atoms with Crippen molar-refractivity contribution in [3.8, 4) is 0 Å². The molecule has 0 spiro atoms. The van der Waals surface area contributed by atoms with Gasteiger partial charge in [0.25, 0.3) is 0 Å². The average Bonchev–Trinajstić information content (AvgIpc) is 2.90. The molecule has 104 valence electrons. The molecule has 1 N–H and O–H groups in total. The van der Waals surface area contributed by atoms with Crippen LogP contribution >= 0.6 is 11.3 Å². The van der Waals surface area contributed by atoms with Gasteiger partial charge in [0.2, 0.25) is 5.91 Å². The van der Waals surface area contributed by atoms with Crippen molar-refractivity contribution >= 4 is 23.0 Å². The van der Waals surface area contributed by atoms with Crippen LogP contribution in [0.15, 0.2) is 41.8 Å². The third-order valence-electron chi connectivity index (χ3n) is 2.75. The molecule has 5 heteroatoms. The Hall–Kier alpha value is -2.01. The molecule has 1 unspecified atom stereocenters. The van der Waals surface area contributed by atoms with E-state index in [1.165, 1.54) is 30.4 Å². The Morgan fingerprint density at radius 3 is 2.50 bits per heavy atom. The number of Topliss-reactive ketones (excluding diaryl/α,β-unsaturated/α-hetero) is 1. The smallest absolute Gasteiger partial charge is 0.228 e. The fourth-order valence-electron chi connectivity index (χ4n) is 1.87. The zero-order valence-corrected chi connectivity index (χ0v) is 11.7. The lowest BCUT2D eigenvalue weighted by Crippen LogP contribution is -2.29. The topological polar surface area (TPSA) is 46.2 Å². The lowest BCUT2D eigenvalue weighted by molar-refractivity contribution is -0.127. The van der Waals surface area contributed by atoms with E-state index in [-0.39, 0.29) is 30.0 Å². The lowest BCUT2D eigenvalue weighted by Gasteiger charge is -2.17. The second-order valence-corrected chi connectivity index (χ2v) is 5.43. The van der Waals surface area contributed by atoms with Crippen LogP contribution in [0.5, 0.6) is 0 Å². The molecule has 0 aliphatic carbocycles. The van der Waals surface area contributed by atoms with E-state index in [2.05, 4.69) is 5.32 Å². The number of rotatable bonds is 5. The Morgan fingerprint density at radius 2 is 1.95 bits per heavy atom. The lowest BCUT2D eigenvalue weighted by atomic mass is 10.0. The van der Waals surface area contributed by atoms with Crippen LogP contribution in [-0.2, 0) is 9.59 Å². The zero-order chi connectivity index (χ0) is 14.5. The highest BCUT2D eigenvalue weighted by molar-refractivity contribution is 7.10. The van der Waals surface area contributed by atoms with Crippen molar-refractivity contribution in [1.29, 1.82) is 0 Å². The number of halogens is 1. The molecule has 0 bridgehead atoms. The first-order valence-electron chi connectivity index (χ1n) is 6.14. The maximum atomic E-state index is 13.0. The van der Waals surface area contributed by atoms with Crippen LogP contribution < -0.4 is 5.32 Å². The van der Waals surface area contributed by atoms with Crippen LogP contribution in [0.4, 0.5) is 4.39 Å². The summed E-state index contributed by atoms with van der Waals surface area (Å²) in [5.74, 6) is -0.847. The minimum Gasteiger partial charge on any atom is -0.344 e. The van der Waals surface area contributed by atoms with Crippen LogP contribution in [0.1, 0.15) is 29.8 Å². The number of carbonyl (C=O) groups excluding carboxylic acids is 2. The monoisotopic (exact) mass is 291 g/mol. The van der Waals surface area contributed by atoms with Gasteiger partial charge in [-0.2, -0.15) is 0 Å². The van der Waals surface area contributed by atoms with Gasteiger partial charge in [0.15, 0.2) is 0 Å². The summed E-state index contributed by atoms with van der Waals surface area (Å²) in [7, 11) is 0. The van der Waals surface area contributed by atoms with E-state index in [9.17, 15) is 14.0 Å². The largest absolute Gasteiger partial charge is 0.344 e. The first-order valence-corrected chi connectivity index (χ1v) is 7.02. The van der Waals surface area contributed by atoms with Crippen molar-refractivity contribution in [2.24, 2.45) is 0 Å². The number of ketones is 1. The number of benzene rings is 1. The molecule has 0 fully saturated rings. The van der Waals surface area contributed by atoms with Crippen molar-refractivity contribution in [1.82, 2.24) is 5.32 Å². The molecule has 0 aliphatic rings. The van der Waals surface area contributed by atoms with Gasteiger partial charge in [-0.25, -0.2) is 4.39 Å². The Labute approximate surface area is 120 Å². The summed E-state index contributed by atoms with van der Waals surface area (Å²) >= 11 is 1.50. The van der Waals surface area contributed by atoms with E-state index in [4.69, 9.17) is 0 Å². The average molecular weight is 291 g/mol. The molecular weight excluding hydrogens is 277 g/mol. The number of hydrogen-bond donors (Lipinski definition) is 1. The second-order valence-electron chi connectivity index (χ2n) is 4.45. The zero-order valence-electron chi connectivity index (χ0n) is 10.9. The molecule has 0 aliphatic heterocycles. The van der Waals surface area contributed by atoms with Gasteiger partial charge in [0.05, 0.1) is 12.5 Å². The minimum atomic E-state index is -0.359. The van der Waals surface area contributed by atoms with Crippen molar-refractivity contribution in [3.05, 3.63) is 58.0 Å². The molecule has 2 aromatic rings. The second kappa shape index (κ2) is 6.43.